The first-order valence-electron chi connectivity index (χ1n) is 18.0. The number of benzene rings is 2. The largest absolute Gasteiger partial charge is 0.496 e. The Morgan fingerprint density at radius 3 is 2.16 bits per heavy atom. The summed E-state index contributed by atoms with van der Waals surface area (Å²) in [6, 6.07) is 11.2. The third-order valence-electron chi connectivity index (χ3n) is 10.6. The van der Waals surface area contributed by atoms with Gasteiger partial charge in [-0.2, -0.15) is 0 Å². The third-order valence-corrected chi connectivity index (χ3v) is 10.6. The summed E-state index contributed by atoms with van der Waals surface area (Å²) in [6.45, 7) is 10.7. The zero-order chi connectivity index (χ0) is 36.2. The lowest BCUT2D eigenvalue weighted by Crippen LogP contribution is -2.73. The first-order chi connectivity index (χ1) is 23.8. The highest BCUT2D eigenvalue weighted by molar-refractivity contribution is 6.16. The molecule has 50 heavy (non-hydrogen) atoms. The summed E-state index contributed by atoms with van der Waals surface area (Å²) < 4.78 is 30.2. The molecule has 0 spiro atoms. The molecule has 0 radical (unpaired) electrons. The van der Waals surface area contributed by atoms with Gasteiger partial charge in [0.2, 0.25) is 0 Å². The van der Waals surface area contributed by atoms with Crippen LogP contribution in [0, 0.1) is 23.7 Å². The van der Waals surface area contributed by atoms with E-state index in [2.05, 4.69) is 19.2 Å². The van der Waals surface area contributed by atoms with Gasteiger partial charge in [0.05, 0.1) is 54.6 Å². The molecule has 4 N–H and O–H groups in total. The van der Waals surface area contributed by atoms with Crippen LogP contribution < -0.4 is 25.3 Å². The van der Waals surface area contributed by atoms with E-state index < -0.39 is 23.3 Å². The first-order valence-corrected chi connectivity index (χ1v) is 18.0. The number of nitrogens with one attached hydrogen (secondary N) is 1. The van der Waals surface area contributed by atoms with E-state index in [1.54, 1.807) is 27.4 Å². The van der Waals surface area contributed by atoms with Gasteiger partial charge in [-0.1, -0.05) is 19.9 Å². The lowest BCUT2D eigenvalue weighted by Gasteiger charge is -2.63. The number of aliphatic hydroxyl groups excluding tert-OH is 1. The van der Waals surface area contributed by atoms with E-state index in [0.29, 0.717) is 59.1 Å². The average molecular weight is 692 g/mol. The fraction of sp³-hybridized carbons (Fsp3) is 0.600. The Kier molecular flexibility index (Phi) is 11.9. The molecule has 0 aromatic heterocycles. The minimum atomic E-state index is -0.721. The summed E-state index contributed by atoms with van der Waals surface area (Å²) in [5.41, 5.74) is 8.20. The van der Waals surface area contributed by atoms with E-state index >= 15 is 0 Å². The fourth-order valence-corrected chi connectivity index (χ4v) is 8.59. The monoisotopic (exact) mass is 691 g/mol. The van der Waals surface area contributed by atoms with Crippen LogP contribution in [0.1, 0.15) is 90.2 Å². The van der Waals surface area contributed by atoms with Crippen LogP contribution in [-0.2, 0) is 14.3 Å². The molecule has 4 bridgehead atoms. The lowest BCUT2D eigenvalue weighted by molar-refractivity contribution is -0.264. The van der Waals surface area contributed by atoms with Crippen LogP contribution >= 0.6 is 0 Å². The van der Waals surface area contributed by atoms with E-state index in [1.807, 2.05) is 57.2 Å². The van der Waals surface area contributed by atoms with Crippen LogP contribution in [0.3, 0.4) is 0 Å². The standard InChI is InChI=1S/C40H57N3O7/c1-24(2)30-22-29(49-16-10-15-44)13-14-32(30)42-33(36-34(46-6)11-9-12-35(36)47-7)23-31(41)37(45)43-40(38(48-8)50-39(3,4)5)27-18-25-17-26(20-27)21-28(40)19-25/h9,11-14,22-28,38,44H,10,15-21,41H2,1-8H3,(H,43,45). The van der Waals surface area contributed by atoms with Gasteiger partial charge in [-0.25, -0.2) is 4.99 Å². The van der Waals surface area contributed by atoms with Crippen LogP contribution in [0.15, 0.2) is 53.2 Å². The number of allylic oxidation sites excluding steroid dienone is 1. The van der Waals surface area contributed by atoms with Crippen LogP contribution in [-0.4, -0.2) is 68.7 Å². The molecular formula is C40H57N3O7. The van der Waals surface area contributed by atoms with Gasteiger partial charge in [0.1, 0.15) is 17.2 Å². The molecule has 1 amide bonds. The van der Waals surface area contributed by atoms with E-state index in [9.17, 15) is 9.90 Å². The molecule has 4 saturated carbocycles. The molecule has 10 nitrogen and oxygen atoms in total. The Balaban J connectivity index is 1.59. The van der Waals surface area contributed by atoms with Gasteiger partial charge in [-0.15, -0.1) is 0 Å². The number of nitrogens with two attached hydrogens (primary N) is 1. The molecule has 0 aliphatic heterocycles. The maximum Gasteiger partial charge on any atom is 0.267 e. The lowest BCUT2D eigenvalue weighted by atomic mass is 9.48. The number of hydrogen-bond donors (Lipinski definition) is 3. The number of aliphatic hydroxyl groups is 1. The van der Waals surface area contributed by atoms with Crippen molar-refractivity contribution in [2.75, 3.05) is 34.5 Å². The maximum atomic E-state index is 14.4. The number of nitrogens with zero attached hydrogens (tertiary/aromatic N) is 1. The number of aliphatic imine (C=N–C) groups is 1. The number of rotatable bonds is 15. The molecule has 0 heterocycles. The van der Waals surface area contributed by atoms with E-state index in [0.717, 1.165) is 31.2 Å². The first kappa shape index (κ1) is 37.7. The minimum absolute atomic E-state index is 0.00514. The van der Waals surface area contributed by atoms with Gasteiger partial charge in [0, 0.05) is 20.1 Å². The Labute approximate surface area is 297 Å². The Bertz CT molecular complexity index is 1510. The predicted molar refractivity (Wildman–Crippen MR) is 195 cm³/mol. The number of carbonyl (C=O) groups excluding carboxylic acids is 1. The SMILES string of the molecule is COc1cccc(OC)c1C(C=C(N)C(=O)NC1(C(OC)OC(C)(C)C)C2CC3CC(C2)CC1C3)=Nc1ccc(OCCCO)cc1C(C)C. The van der Waals surface area contributed by atoms with Crippen molar-refractivity contribution in [2.45, 2.75) is 96.5 Å². The van der Waals surface area contributed by atoms with Gasteiger partial charge in [0.25, 0.3) is 5.91 Å². The normalized spacial score (nSPS) is 25.5. The predicted octanol–water partition coefficient (Wildman–Crippen LogP) is 6.65. The second-order valence-electron chi connectivity index (χ2n) is 15.4. The Morgan fingerprint density at radius 2 is 1.64 bits per heavy atom. The number of carbonyl (C=O) groups is 1. The van der Waals surface area contributed by atoms with E-state index in [1.165, 1.54) is 6.42 Å². The highest BCUT2D eigenvalue weighted by Gasteiger charge is 2.62. The number of ether oxygens (including phenoxy) is 5. The molecule has 4 aliphatic carbocycles. The molecule has 4 fully saturated rings. The molecule has 1 unspecified atom stereocenters. The molecular weight excluding hydrogens is 634 g/mol. The van der Waals surface area contributed by atoms with Gasteiger partial charge in [-0.3, -0.25) is 4.79 Å². The summed E-state index contributed by atoms with van der Waals surface area (Å²) in [6.07, 6.45) is 6.93. The van der Waals surface area contributed by atoms with Crippen LogP contribution in [0.25, 0.3) is 0 Å². The minimum Gasteiger partial charge on any atom is -0.496 e. The van der Waals surface area contributed by atoms with Crippen molar-refractivity contribution in [1.29, 1.82) is 0 Å². The van der Waals surface area contributed by atoms with Crippen molar-refractivity contribution in [1.82, 2.24) is 5.32 Å². The molecule has 0 saturated heterocycles. The molecule has 2 aromatic rings. The van der Waals surface area contributed by atoms with Gasteiger partial charge in [0.15, 0.2) is 6.29 Å². The van der Waals surface area contributed by atoms with Crippen molar-refractivity contribution in [2.24, 2.45) is 34.4 Å². The van der Waals surface area contributed by atoms with Gasteiger partial charge < -0.3 is 39.8 Å². The summed E-state index contributed by atoms with van der Waals surface area (Å²) in [5.74, 6) is 3.23. The molecule has 2 aromatic carbocycles. The number of amides is 1. The fourth-order valence-electron chi connectivity index (χ4n) is 8.59. The Hall–Kier alpha value is -3.60. The molecule has 10 heteroatoms. The summed E-state index contributed by atoms with van der Waals surface area (Å²) in [4.78, 5) is 19.6. The number of hydrogen-bond acceptors (Lipinski definition) is 9. The van der Waals surface area contributed by atoms with Crippen LogP contribution in [0.2, 0.25) is 0 Å². The molecule has 274 valence electrons. The second kappa shape index (κ2) is 15.7. The summed E-state index contributed by atoms with van der Waals surface area (Å²) >= 11 is 0. The molecule has 4 aliphatic rings. The van der Waals surface area contributed by atoms with Crippen molar-refractivity contribution >= 4 is 17.3 Å². The topological polar surface area (TPSA) is 134 Å². The highest BCUT2D eigenvalue weighted by atomic mass is 16.7. The highest BCUT2D eigenvalue weighted by Crippen LogP contribution is 2.60. The third kappa shape index (κ3) is 7.98. The van der Waals surface area contributed by atoms with Crippen molar-refractivity contribution < 1.29 is 33.6 Å². The van der Waals surface area contributed by atoms with E-state index in [4.69, 9.17) is 34.4 Å². The molecule has 1 atom stereocenters. The van der Waals surface area contributed by atoms with Gasteiger partial charge in [-0.05, 0) is 124 Å². The summed E-state index contributed by atoms with van der Waals surface area (Å²) in [5, 5.41) is 12.7. The summed E-state index contributed by atoms with van der Waals surface area (Å²) in [7, 11) is 4.84. The van der Waals surface area contributed by atoms with E-state index in [-0.39, 0.29) is 30.1 Å². The molecule has 6 rings (SSSR count). The van der Waals surface area contributed by atoms with Crippen molar-refractivity contribution in [3.63, 3.8) is 0 Å². The maximum absolute atomic E-state index is 14.4. The smallest absolute Gasteiger partial charge is 0.267 e. The van der Waals surface area contributed by atoms with Gasteiger partial charge >= 0.3 is 0 Å². The van der Waals surface area contributed by atoms with Crippen LogP contribution in [0.4, 0.5) is 5.69 Å². The second-order valence-corrected chi connectivity index (χ2v) is 15.4. The van der Waals surface area contributed by atoms with Crippen molar-refractivity contribution in [3.05, 3.63) is 59.3 Å². The quantitative estimate of drug-likeness (QED) is 0.0819. The zero-order valence-corrected chi connectivity index (χ0v) is 31.1. The average Bonchev–Trinajstić information content (AvgIpc) is 3.07. The number of methoxy groups -OCH3 is 3. The van der Waals surface area contributed by atoms with Crippen LogP contribution in [0.5, 0.6) is 17.2 Å². The van der Waals surface area contributed by atoms with Crippen molar-refractivity contribution in [3.8, 4) is 17.2 Å². The Morgan fingerprint density at radius 1 is 1.02 bits per heavy atom. The zero-order valence-electron chi connectivity index (χ0n) is 31.1.